The molecule has 0 saturated carbocycles. The van der Waals surface area contributed by atoms with Crippen LogP contribution in [0.5, 0.6) is 0 Å². The summed E-state index contributed by atoms with van der Waals surface area (Å²) in [5, 5.41) is 19.2. The molecular formula is C13H13N5S. The summed E-state index contributed by atoms with van der Waals surface area (Å²) >= 11 is 1.75. The first-order valence-corrected chi connectivity index (χ1v) is 6.85. The highest BCUT2D eigenvalue weighted by Gasteiger charge is 2.03. The number of aromatic nitrogens is 4. The summed E-state index contributed by atoms with van der Waals surface area (Å²) in [6.45, 7) is 1.43. The van der Waals surface area contributed by atoms with Crippen molar-refractivity contribution in [1.29, 1.82) is 0 Å². The third kappa shape index (κ3) is 3.04. The summed E-state index contributed by atoms with van der Waals surface area (Å²) in [7, 11) is 0. The van der Waals surface area contributed by atoms with Crippen molar-refractivity contribution in [3.63, 3.8) is 0 Å². The topological polar surface area (TPSA) is 66.5 Å². The molecule has 0 bridgehead atoms. The Morgan fingerprint density at radius 1 is 1.11 bits per heavy atom. The molecule has 1 aromatic carbocycles. The van der Waals surface area contributed by atoms with Crippen LogP contribution >= 0.6 is 11.3 Å². The molecule has 0 aliphatic rings. The number of rotatable bonds is 5. The molecule has 0 atom stereocenters. The predicted octanol–water partition coefficient (Wildman–Crippen LogP) is 2.22. The Hall–Kier alpha value is -2.05. The van der Waals surface area contributed by atoms with Gasteiger partial charge in [0.2, 0.25) is 0 Å². The lowest BCUT2D eigenvalue weighted by atomic mass is 10.1. The molecule has 2 aromatic heterocycles. The number of tetrazole rings is 1. The van der Waals surface area contributed by atoms with E-state index < -0.39 is 0 Å². The lowest BCUT2D eigenvalue weighted by Crippen LogP contribution is -2.12. The highest BCUT2D eigenvalue weighted by Crippen LogP contribution is 2.25. The minimum absolute atomic E-state index is 0.620. The molecule has 0 amide bonds. The van der Waals surface area contributed by atoms with Crippen molar-refractivity contribution in [2.75, 3.05) is 0 Å². The molecule has 2 heterocycles. The Morgan fingerprint density at radius 3 is 2.79 bits per heavy atom. The first-order chi connectivity index (χ1) is 9.42. The van der Waals surface area contributed by atoms with Crippen LogP contribution in [0.25, 0.3) is 11.1 Å². The van der Waals surface area contributed by atoms with Crippen LogP contribution in [0.4, 0.5) is 0 Å². The quantitative estimate of drug-likeness (QED) is 0.746. The Labute approximate surface area is 114 Å². The minimum Gasteiger partial charge on any atom is -0.305 e. The maximum Gasteiger partial charge on any atom is 0.188 e. The van der Waals surface area contributed by atoms with Gasteiger partial charge in [-0.05, 0) is 22.6 Å². The van der Waals surface area contributed by atoms with E-state index in [4.69, 9.17) is 0 Å². The lowest BCUT2D eigenvalue weighted by Gasteiger charge is -1.98. The van der Waals surface area contributed by atoms with Gasteiger partial charge in [0.25, 0.3) is 0 Å². The van der Waals surface area contributed by atoms with Crippen molar-refractivity contribution in [2.24, 2.45) is 0 Å². The zero-order chi connectivity index (χ0) is 12.9. The van der Waals surface area contributed by atoms with E-state index in [1.807, 2.05) is 6.07 Å². The third-order valence-corrected chi connectivity index (χ3v) is 3.67. The molecule has 6 heteroatoms. The van der Waals surface area contributed by atoms with Crippen molar-refractivity contribution in [2.45, 2.75) is 13.1 Å². The summed E-state index contributed by atoms with van der Waals surface area (Å²) < 4.78 is 0. The highest BCUT2D eigenvalue weighted by molar-refractivity contribution is 7.10. The van der Waals surface area contributed by atoms with Crippen LogP contribution in [0.3, 0.4) is 0 Å². The number of hydrogen-bond donors (Lipinski definition) is 2. The molecule has 19 heavy (non-hydrogen) atoms. The molecule has 5 nitrogen and oxygen atoms in total. The first-order valence-electron chi connectivity index (χ1n) is 5.98. The summed E-state index contributed by atoms with van der Waals surface area (Å²) in [5.74, 6) is 0.680. The average molecular weight is 271 g/mol. The van der Waals surface area contributed by atoms with Crippen LogP contribution in [0.15, 0.2) is 41.8 Å². The smallest absolute Gasteiger partial charge is 0.188 e. The average Bonchev–Trinajstić information content (AvgIpc) is 3.11. The van der Waals surface area contributed by atoms with Crippen LogP contribution in [0, 0.1) is 0 Å². The fraction of sp³-hybridized carbons (Fsp3) is 0.154. The molecule has 3 rings (SSSR count). The summed E-state index contributed by atoms with van der Waals surface area (Å²) in [6, 6.07) is 12.6. The van der Waals surface area contributed by atoms with Gasteiger partial charge in [-0.3, -0.25) is 0 Å². The van der Waals surface area contributed by atoms with Gasteiger partial charge in [-0.2, -0.15) is 5.21 Å². The third-order valence-electron chi connectivity index (χ3n) is 2.73. The Morgan fingerprint density at radius 2 is 2.00 bits per heavy atom. The second-order valence-corrected chi connectivity index (χ2v) is 5.10. The molecule has 0 unspecified atom stereocenters. The second-order valence-electron chi connectivity index (χ2n) is 4.10. The SMILES string of the molecule is c1ccc(-c2csc(CNCc3nn[nH]n3)c2)cc1. The molecule has 0 fully saturated rings. The number of nitrogens with zero attached hydrogens (tertiary/aromatic N) is 3. The van der Waals surface area contributed by atoms with Crippen molar-refractivity contribution in [3.8, 4) is 11.1 Å². The van der Waals surface area contributed by atoms with Crippen LogP contribution < -0.4 is 5.32 Å². The van der Waals surface area contributed by atoms with Gasteiger partial charge in [0.15, 0.2) is 5.82 Å². The van der Waals surface area contributed by atoms with E-state index >= 15 is 0 Å². The van der Waals surface area contributed by atoms with Gasteiger partial charge in [0.05, 0.1) is 6.54 Å². The van der Waals surface area contributed by atoms with E-state index in [-0.39, 0.29) is 0 Å². The molecule has 0 radical (unpaired) electrons. The summed E-state index contributed by atoms with van der Waals surface area (Å²) in [6.07, 6.45) is 0. The number of aromatic amines is 1. The summed E-state index contributed by atoms with van der Waals surface area (Å²) in [5.41, 5.74) is 2.52. The van der Waals surface area contributed by atoms with Crippen LogP contribution in [0.2, 0.25) is 0 Å². The Bertz CT molecular complexity index is 618. The van der Waals surface area contributed by atoms with E-state index in [9.17, 15) is 0 Å². The molecule has 0 aliphatic heterocycles. The van der Waals surface area contributed by atoms with Crippen molar-refractivity contribution >= 4 is 11.3 Å². The monoisotopic (exact) mass is 271 g/mol. The van der Waals surface area contributed by atoms with Crippen molar-refractivity contribution in [1.82, 2.24) is 25.9 Å². The normalized spacial score (nSPS) is 10.7. The van der Waals surface area contributed by atoms with Gasteiger partial charge in [-0.25, -0.2) is 0 Å². The van der Waals surface area contributed by atoms with Crippen LogP contribution in [0.1, 0.15) is 10.7 Å². The second kappa shape index (κ2) is 5.73. The highest BCUT2D eigenvalue weighted by atomic mass is 32.1. The first kappa shape index (κ1) is 12.0. The summed E-state index contributed by atoms with van der Waals surface area (Å²) in [4.78, 5) is 1.29. The molecule has 0 saturated heterocycles. The Balaban J connectivity index is 1.59. The zero-order valence-corrected chi connectivity index (χ0v) is 11.0. The van der Waals surface area contributed by atoms with E-state index in [1.54, 1.807) is 11.3 Å². The predicted molar refractivity (Wildman–Crippen MR) is 74.5 cm³/mol. The molecular weight excluding hydrogens is 258 g/mol. The zero-order valence-electron chi connectivity index (χ0n) is 10.2. The van der Waals surface area contributed by atoms with Gasteiger partial charge in [0.1, 0.15) is 0 Å². The number of nitrogens with one attached hydrogen (secondary N) is 2. The number of H-pyrrole nitrogens is 1. The van der Waals surface area contributed by atoms with E-state index in [1.165, 1.54) is 16.0 Å². The molecule has 3 aromatic rings. The van der Waals surface area contributed by atoms with Crippen LogP contribution in [-0.2, 0) is 13.1 Å². The van der Waals surface area contributed by atoms with Gasteiger partial charge in [-0.1, -0.05) is 35.5 Å². The van der Waals surface area contributed by atoms with E-state index in [0.717, 1.165) is 6.54 Å². The van der Waals surface area contributed by atoms with E-state index in [0.29, 0.717) is 12.4 Å². The van der Waals surface area contributed by atoms with Crippen molar-refractivity contribution < 1.29 is 0 Å². The molecule has 0 spiro atoms. The van der Waals surface area contributed by atoms with Gasteiger partial charge < -0.3 is 5.32 Å². The van der Waals surface area contributed by atoms with Crippen molar-refractivity contribution in [3.05, 3.63) is 52.5 Å². The largest absolute Gasteiger partial charge is 0.305 e. The maximum absolute atomic E-state index is 3.89. The maximum atomic E-state index is 3.89. The standard InChI is InChI=1S/C13H13N5S/c1-2-4-10(5-3-1)11-6-12(19-9-11)7-14-8-13-15-17-18-16-13/h1-6,9,14H,7-8H2,(H,15,16,17,18). The molecule has 2 N–H and O–H groups in total. The lowest BCUT2D eigenvalue weighted by molar-refractivity contribution is 0.669. The number of hydrogen-bond acceptors (Lipinski definition) is 5. The minimum atomic E-state index is 0.620. The molecule has 96 valence electrons. The van der Waals surface area contributed by atoms with Crippen LogP contribution in [-0.4, -0.2) is 20.6 Å². The Kier molecular flexibility index (Phi) is 3.62. The van der Waals surface area contributed by atoms with E-state index in [2.05, 4.69) is 61.7 Å². The fourth-order valence-corrected chi connectivity index (χ4v) is 2.67. The van der Waals surface area contributed by atoms with Gasteiger partial charge >= 0.3 is 0 Å². The number of thiophene rings is 1. The fourth-order valence-electron chi connectivity index (χ4n) is 1.81. The van der Waals surface area contributed by atoms with Gasteiger partial charge in [-0.15, -0.1) is 21.5 Å². The van der Waals surface area contributed by atoms with Gasteiger partial charge in [0, 0.05) is 11.4 Å². The number of benzene rings is 1. The molecule has 0 aliphatic carbocycles.